The molecule has 0 spiro atoms. The van der Waals surface area contributed by atoms with Gasteiger partial charge in [0, 0.05) is 13.1 Å². The molecule has 0 saturated carbocycles. The van der Waals surface area contributed by atoms with Gasteiger partial charge in [0.05, 0.1) is 13.0 Å². The number of hydrogen-bond acceptors (Lipinski definition) is 3. The third-order valence-electron chi connectivity index (χ3n) is 3.96. The number of carbonyl (C=O) groups is 2. The largest absolute Gasteiger partial charge is 0.481 e. The van der Waals surface area contributed by atoms with Gasteiger partial charge in [0.2, 0.25) is 0 Å². The Labute approximate surface area is 156 Å². The van der Waals surface area contributed by atoms with Gasteiger partial charge in [-0.1, -0.05) is 36.4 Å². The number of amides is 1. The fraction of sp³-hybridized carbons (Fsp3) is 0.300. The molecule has 0 heterocycles. The fourth-order valence-corrected chi connectivity index (χ4v) is 2.48. The van der Waals surface area contributed by atoms with Gasteiger partial charge in [0.1, 0.15) is 6.10 Å². The van der Waals surface area contributed by atoms with E-state index in [-0.39, 0.29) is 26.1 Å². The number of hydrogen-bond donors (Lipinski definition) is 1. The molecule has 1 atom stereocenters. The highest BCUT2D eigenvalue weighted by Crippen LogP contribution is 2.14. The van der Waals surface area contributed by atoms with Gasteiger partial charge in [-0.25, -0.2) is 8.78 Å². The summed E-state index contributed by atoms with van der Waals surface area (Å²) < 4.78 is 32.1. The summed E-state index contributed by atoms with van der Waals surface area (Å²) in [6.07, 6.45) is -1.08. The number of ether oxygens (including phenoxy) is 1. The van der Waals surface area contributed by atoms with Crippen LogP contribution in [-0.4, -0.2) is 34.5 Å². The van der Waals surface area contributed by atoms with Crippen LogP contribution in [0.2, 0.25) is 0 Å². The highest BCUT2D eigenvalue weighted by Gasteiger charge is 2.22. The minimum absolute atomic E-state index is 0.0393. The molecule has 0 radical (unpaired) electrons. The second-order valence-electron chi connectivity index (χ2n) is 6.09. The molecular formula is C20H21F2NO4. The lowest BCUT2D eigenvalue weighted by atomic mass is 10.1. The number of aliphatic carboxylic acids is 1. The van der Waals surface area contributed by atoms with Crippen molar-refractivity contribution in [3.8, 4) is 0 Å². The SMILES string of the molecule is CC(OCc1ccccc1)C(=O)N(CCC(=O)O)Cc1ccc(F)c(F)c1. The van der Waals surface area contributed by atoms with Crippen LogP contribution in [0.5, 0.6) is 0 Å². The molecule has 2 rings (SSSR count). The molecule has 5 nitrogen and oxygen atoms in total. The van der Waals surface area contributed by atoms with Gasteiger partial charge >= 0.3 is 5.97 Å². The molecule has 2 aromatic rings. The third-order valence-corrected chi connectivity index (χ3v) is 3.96. The average Bonchev–Trinajstić information content (AvgIpc) is 2.66. The zero-order valence-electron chi connectivity index (χ0n) is 14.9. The summed E-state index contributed by atoms with van der Waals surface area (Å²) in [6.45, 7) is 1.70. The van der Waals surface area contributed by atoms with Gasteiger partial charge in [-0.15, -0.1) is 0 Å². The molecule has 0 aromatic heterocycles. The standard InChI is InChI=1S/C20H21F2NO4/c1-14(27-13-15-5-3-2-4-6-15)20(26)23(10-9-19(24)25)12-16-7-8-17(21)18(22)11-16/h2-8,11,14H,9-10,12-13H2,1H3,(H,24,25). The maximum Gasteiger partial charge on any atom is 0.305 e. The minimum atomic E-state index is -1.06. The summed E-state index contributed by atoms with van der Waals surface area (Å²) in [5.74, 6) is -3.49. The van der Waals surface area contributed by atoms with Crippen molar-refractivity contribution in [2.45, 2.75) is 32.6 Å². The Morgan fingerprint density at radius 1 is 1.07 bits per heavy atom. The number of carboxylic acids is 1. The molecule has 1 amide bonds. The van der Waals surface area contributed by atoms with E-state index in [1.165, 1.54) is 11.0 Å². The monoisotopic (exact) mass is 377 g/mol. The number of rotatable bonds is 9. The van der Waals surface area contributed by atoms with E-state index in [1.807, 2.05) is 30.3 Å². The van der Waals surface area contributed by atoms with Gasteiger partial charge in [-0.3, -0.25) is 9.59 Å². The van der Waals surface area contributed by atoms with Gasteiger partial charge in [0.15, 0.2) is 11.6 Å². The second-order valence-corrected chi connectivity index (χ2v) is 6.09. The molecule has 0 fully saturated rings. The van der Waals surface area contributed by atoms with E-state index in [1.54, 1.807) is 6.92 Å². The highest BCUT2D eigenvalue weighted by molar-refractivity contribution is 5.81. The normalized spacial score (nSPS) is 11.8. The number of carbonyl (C=O) groups excluding carboxylic acids is 1. The first-order valence-electron chi connectivity index (χ1n) is 8.47. The lowest BCUT2D eigenvalue weighted by Gasteiger charge is -2.25. The van der Waals surface area contributed by atoms with Crippen LogP contribution in [0.15, 0.2) is 48.5 Å². The average molecular weight is 377 g/mol. The van der Waals surface area contributed by atoms with Crippen molar-refractivity contribution in [1.82, 2.24) is 4.90 Å². The summed E-state index contributed by atoms with van der Waals surface area (Å²) in [5, 5.41) is 8.90. The Balaban J connectivity index is 2.05. The quantitative estimate of drug-likeness (QED) is 0.728. The van der Waals surface area contributed by atoms with E-state index in [0.29, 0.717) is 5.56 Å². The van der Waals surface area contributed by atoms with Crippen LogP contribution in [0.4, 0.5) is 8.78 Å². The third kappa shape index (κ3) is 6.45. The van der Waals surface area contributed by atoms with Crippen LogP contribution in [0.25, 0.3) is 0 Å². The number of benzene rings is 2. The molecule has 27 heavy (non-hydrogen) atoms. The molecule has 0 saturated heterocycles. The number of halogens is 2. The first-order chi connectivity index (χ1) is 12.9. The maximum atomic E-state index is 13.4. The van der Waals surface area contributed by atoms with Crippen molar-refractivity contribution >= 4 is 11.9 Å². The molecule has 144 valence electrons. The zero-order valence-corrected chi connectivity index (χ0v) is 14.9. The van der Waals surface area contributed by atoms with Crippen LogP contribution in [-0.2, 0) is 27.5 Å². The Bertz CT molecular complexity index is 783. The minimum Gasteiger partial charge on any atom is -0.481 e. The molecule has 0 bridgehead atoms. The second kappa shape index (κ2) is 9.78. The van der Waals surface area contributed by atoms with E-state index in [2.05, 4.69) is 0 Å². The first-order valence-corrected chi connectivity index (χ1v) is 8.47. The van der Waals surface area contributed by atoms with Crippen molar-refractivity contribution in [1.29, 1.82) is 0 Å². The Hall–Kier alpha value is -2.80. The van der Waals surface area contributed by atoms with Crippen LogP contribution in [0, 0.1) is 11.6 Å². The summed E-state index contributed by atoms with van der Waals surface area (Å²) in [7, 11) is 0. The van der Waals surface area contributed by atoms with Gasteiger partial charge < -0.3 is 14.7 Å². The van der Waals surface area contributed by atoms with Crippen molar-refractivity contribution in [2.24, 2.45) is 0 Å². The fourth-order valence-electron chi connectivity index (χ4n) is 2.48. The van der Waals surface area contributed by atoms with E-state index in [9.17, 15) is 18.4 Å². The van der Waals surface area contributed by atoms with Gasteiger partial charge in [-0.2, -0.15) is 0 Å². The van der Waals surface area contributed by atoms with Gasteiger partial charge in [0.25, 0.3) is 5.91 Å². The predicted octanol–water partition coefficient (Wildman–Crippen LogP) is 3.37. The van der Waals surface area contributed by atoms with Crippen molar-refractivity contribution in [2.75, 3.05) is 6.54 Å². The lowest BCUT2D eigenvalue weighted by Crippen LogP contribution is -2.39. The summed E-state index contributed by atoms with van der Waals surface area (Å²) in [6, 6.07) is 12.6. The van der Waals surface area contributed by atoms with Crippen molar-refractivity contribution < 1.29 is 28.2 Å². The highest BCUT2D eigenvalue weighted by atomic mass is 19.2. The molecule has 1 N–H and O–H groups in total. The topological polar surface area (TPSA) is 66.8 Å². The van der Waals surface area contributed by atoms with Crippen LogP contribution in [0.3, 0.4) is 0 Å². The Morgan fingerprint density at radius 2 is 1.78 bits per heavy atom. The van der Waals surface area contributed by atoms with Crippen molar-refractivity contribution in [3.05, 3.63) is 71.3 Å². The summed E-state index contributed by atoms with van der Waals surface area (Å²) >= 11 is 0. The predicted molar refractivity (Wildman–Crippen MR) is 94.7 cm³/mol. The Morgan fingerprint density at radius 3 is 2.41 bits per heavy atom. The molecular weight excluding hydrogens is 356 g/mol. The van der Waals surface area contributed by atoms with Crippen LogP contribution in [0.1, 0.15) is 24.5 Å². The lowest BCUT2D eigenvalue weighted by molar-refractivity contribution is -0.145. The van der Waals surface area contributed by atoms with Crippen LogP contribution < -0.4 is 0 Å². The molecule has 0 aliphatic rings. The van der Waals surface area contributed by atoms with E-state index >= 15 is 0 Å². The smallest absolute Gasteiger partial charge is 0.305 e. The van der Waals surface area contributed by atoms with E-state index < -0.39 is 29.6 Å². The number of nitrogens with zero attached hydrogens (tertiary/aromatic N) is 1. The molecule has 0 aliphatic heterocycles. The molecule has 7 heteroatoms. The van der Waals surface area contributed by atoms with Gasteiger partial charge in [-0.05, 0) is 30.2 Å². The molecule has 0 aliphatic carbocycles. The van der Waals surface area contributed by atoms with Crippen LogP contribution >= 0.6 is 0 Å². The number of carboxylic acid groups (broad SMARTS) is 1. The van der Waals surface area contributed by atoms with E-state index in [4.69, 9.17) is 9.84 Å². The zero-order chi connectivity index (χ0) is 19.8. The van der Waals surface area contributed by atoms with E-state index in [0.717, 1.165) is 17.7 Å². The maximum absolute atomic E-state index is 13.4. The first kappa shape index (κ1) is 20.5. The summed E-state index contributed by atoms with van der Waals surface area (Å²) in [4.78, 5) is 24.8. The molecule has 1 unspecified atom stereocenters. The van der Waals surface area contributed by atoms with Crippen molar-refractivity contribution in [3.63, 3.8) is 0 Å². The summed E-state index contributed by atoms with van der Waals surface area (Å²) in [5.41, 5.74) is 1.26. The Kier molecular flexibility index (Phi) is 7.43. The molecule has 2 aromatic carbocycles.